The zero-order valence-electron chi connectivity index (χ0n) is 23.0. The Morgan fingerprint density at radius 3 is 2.65 bits per heavy atom. The van der Waals surface area contributed by atoms with E-state index in [0.29, 0.717) is 53.3 Å². The second-order valence-electron chi connectivity index (χ2n) is 10.2. The SMILES string of the molecule is CC(O)Cn1cc(Nc2nc(-c3cccc(N4CCc5cc(N(C)C)ccc5C4=O)c3CO)cn(C)c2=O)cn1. The van der Waals surface area contributed by atoms with E-state index < -0.39 is 6.10 Å². The minimum absolute atomic E-state index is 0.0885. The number of carbonyl (C=O) groups is 1. The molecule has 1 amide bonds. The summed E-state index contributed by atoms with van der Waals surface area (Å²) in [5, 5.41) is 27.3. The third kappa shape index (κ3) is 5.21. The Bertz CT molecular complexity index is 1620. The topological polar surface area (TPSA) is 129 Å². The lowest BCUT2D eigenvalue weighted by molar-refractivity contribution is 0.0980. The van der Waals surface area contributed by atoms with Crippen LogP contribution in [0.4, 0.5) is 22.9 Å². The van der Waals surface area contributed by atoms with Crippen molar-refractivity contribution in [3.63, 3.8) is 0 Å². The largest absolute Gasteiger partial charge is 0.392 e. The number of fused-ring (bicyclic) bond motifs is 1. The van der Waals surface area contributed by atoms with Gasteiger partial charge in [0.1, 0.15) is 0 Å². The van der Waals surface area contributed by atoms with E-state index in [1.807, 2.05) is 55.4 Å². The molecule has 1 aliphatic heterocycles. The van der Waals surface area contributed by atoms with Gasteiger partial charge in [0.15, 0.2) is 5.82 Å². The number of hydrogen-bond donors (Lipinski definition) is 3. The summed E-state index contributed by atoms with van der Waals surface area (Å²) >= 11 is 0. The predicted octanol–water partition coefficient (Wildman–Crippen LogP) is 2.53. The summed E-state index contributed by atoms with van der Waals surface area (Å²) in [4.78, 5) is 34.8. The molecule has 4 aromatic rings. The lowest BCUT2D eigenvalue weighted by Crippen LogP contribution is -2.38. The molecule has 5 rings (SSSR count). The average molecular weight is 544 g/mol. The molecule has 0 saturated carbocycles. The van der Waals surface area contributed by atoms with Crippen molar-refractivity contribution in [3.05, 3.63) is 82.0 Å². The van der Waals surface area contributed by atoms with Crippen LogP contribution < -0.4 is 20.7 Å². The maximum absolute atomic E-state index is 13.6. The van der Waals surface area contributed by atoms with Crippen LogP contribution in [0.2, 0.25) is 0 Å². The number of carbonyl (C=O) groups excluding carboxylic acids is 1. The number of nitrogens with zero attached hydrogens (tertiary/aromatic N) is 6. The highest BCUT2D eigenvalue weighted by Gasteiger charge is 2.28. The summed E-state index contributed by atoms with van der Waals surface area (Å²) < 4.78 is 2.99. The van der Waals surface area contributed by atoms with Gasteiger partial charge in [-0.15, -0.1) is 0 Å². The van der Waals surface area contributed by atoms with Gasteiger partial charge in [-0.1, -0.05) is 12.1 Å². The number of rotatable bonds is 8. The van der Waals surface area contributed by atoms with E-state index in [2.05, 4.69) is 15.4 Å². The number of benzene rings is 2. The Hall–Kier alpha value is -4.48. The van der Waals surface area contributed by atoms with Crippen molar-refractivity contribution in [2.24, 2.45) is 7.05 Å². The van der Waals surface area contributed by atoms with E-state index in [1.54, 1.807) is 42.1 Å². The van der Waals surface area contributed by atoms with E-state index >= 15 is 0 Å². The van der Waals surface area contributed by atoms with Crippen LogP contribution in [0.15, 0.2) is 59.8 Å². The van der Waals surface area contributed by atoms with Crippen molar-refractivity contribution in [2.45, 2.75) is 32.6 Å². The quantitative estimate of drug-likeness (QED) is 0.309. The minimum atomic E-state index is -0.568. The van der Waals surface area contributed by atoms with Gasteiger partial charge < -0.3 is 29.9 Å². The second-order valence-corrected chi connectivity index (χ2v) is 10.2. The Kier molecular flexibility index (Phi) is 7.42. The van der Waals surface area contributed by atoms with Gasteiger partial charge in [0.05, 0.1) is 42.5 Å². The molecule has 40 heavy (non-hydrogen) atoms. The third-order valence-electron chi connectivity index (χ3n) is 6.98. The molecule has 0 aliphatic carbocycles. The molecule has 0 spiro atoms. The standard InChI is InChI=1S/C29H33N7O4/c1-18(38)14-35-15-20(13-30-35)31-27-29(40)34(4)16-25(32-27)23-6-5-7-26(24(23)17-37)36-11-10-19-12-21(33(2)3)8-9-22(19)28(36)39/h5-9,12-13,15-16,18,37-38H,10-11,14,17H2,1-4H3,(H,31,32). The number of aromatic nitrogens is 4. The Morgan fingerprint density at radius 1 is 1.12 bits per heavy atom. The molecule has 1 unspecified atom stereocenters. The average Bonchev–Trinajstić information content (AvgIpc) is 3.36. The summed E-state index contributed by atoms with van der Waals surface area (Å²) in [6.07, 6.45) is 4.96. The van der Waals surface area contributed by atoms with Gasteiger partial charge in [0, 0.05) is 62.5 Å². The molecule has 1 aliphatic rings. The number of anilines is 4. The first kappa shape index (κ1) is 27.1. The van der Waals surface area contributed by atoms with Gasteiger partial charge in [0.25, 0.3) is 11.5 Å². The zero-order chi connectivity index (χ0) is 28.6. The Labute approximate surface area is 231 Å². The molecule has 11 nitrogen and oxygen atoms in total. The van der Waals surface area contributed by atoms with Crippen LogP contribution in [-0.2, 0) is 26.6 Å². The van der Waals surface area contributed by atoms with Crippen molar-refractivity contribution >= 4 is 28.8 Å². The van der Waals surface area contributed by atoms with E-state index in [9.17, 15) is 19.8 Å². The van der Waals surface area contributed by atoms with Crippen LogP contribution in [-0.4, -0.2) is 62.2 Å². The number of aliphatic hydroxyl groups is 2. The smallest absolute Gasteiger partial charge is 0.293 e. The number of aliphatic hydroxyl groups excluding tert-OH is 2. The molecule has 0 fully saturated rings. The van der Waals surface area contributed by atoms with Gasteiger partial charge >= 0.3 is 0 Å². The summed E-state index contributed by atoms with van der Waals surface area (Å²) in [7, 11) is 5.57. The molecule has 0 saturated heterocycles. The Balaban J connectivity index is 1.50. The maximum atomic E-state index is 13.6. The first-order chi connectivity index (χ1) is 19.2. The van der Waals surface area contributed by atoms with Crippen LogP contribution in [0.25, 0.3) is 11.3 Å². The van der Waals surface area contributed by atoms with Gasteiger partial charge in [0.2, 0.25) is 0 Å². The van der Waals surface area contributed by atoms with Crippen LogP contribution in [0.3, 0.4) is 0 Å². The van der Waals surface area contributed by atoms with Crippen molar-refractivity contribution in [1.82, 2.24) is 19.3 Å². The van der Waals surface area contributed by atoms with Gasteiger partial charge in [-0.25, -0.2) is 4.98 Å². The number of amides is 1. The van der Waals surface area contributed by atoms with Crippen LogP contribution in [0.1, 0.15) is 28.4 Å². The molecule has 0 bridgehead atoms. The van der Waals surface area contributed by atoms with Gasteiger partial charge in [-0.2, -0.15) is 5.10 Å². The molecule has 2 aromatic carbocycles. The number of aryl methyl sites for hydroxylation is 1. The fraction of sp³-hybridized carbons (Fsp3) is 0.310. The molecule has 1 atom stereocenters. The normalized spacial score (nSPS) is 13.8. The highest BCUT2D eigenvalue weighted by molar-refractivity contribution is 6.09. The lowest BCUT2D eigenvalue weighted by Gasteiger charge is -2.31. The number of nitrogens with one attached hydrogen (secondary N) is 1. The fourth-order valence-corrected chi connectivity index (χ4v) is 4.97. The van der Waals surface area contributed by atoms with Gasteiger partial charge in [-0.05, 0) is 43.2 Å². The highest BCUT2D eigenvalue weighted by atomic mass is 16.3. The van der Waals surface area contributed by atoms with Crippen molar-refractivity contribution in [2.75, 3.05) is 35.8 Å². The molecule has 208 valence electrons. The molecular formula is C29H33N7O4. The second kappa shape index (κ2) is 10.9. The summed E-state index contributed by atoms with van der Waals surface area (Å²) in [5.74, 6) is -0.0334. The molecule has 3 heterocycles. The Morgan fingerprint density at radius 2 is 1.93 bits per heavy atom. The minimum Gasteiger partial charge on any atom is -0.392 e. The third-order valence-corrected chi connectivity index (χ3v) is 6.98. The zero-order valence-corrected chi connectivity index (χ0v) is 23.0. The van der Waals surface area contributed by atoms with Crippen molar-refractivity contribution < 1.29 is 15.0 Å². The monoisotopic (exact) mass is 543 g/mol. The van der Waals surface area contributed by atoms with Crippen LogP contribution in [0.5, 0.6) is 0 Å². The van der Waals surface area contributed by atoms with Gasteiger partial charge in [-0.3, -0.25) is 14.3 Å². The first-order valence-corrected chi connectivity index (χ1v) is 13.1. The van der Waals surface area contributed by atoms with E-state index in [-0.39, 0.29) is 23.9 Å². The maximum Gasteiger partial charge on any atom is 0.293 e. The van der Waals surface area contributed by atoms with E-state index in [0.717, 1.165) is 11.3 Å². The van der Waals surface area contributed by atoms with Crippen molar-refractivity contribution in [1.29, 1.82) is 0 Å². The molecule has 2 aromatic heterocycles. The van der Waals surface area contributed by atoms with E-state index in [1.165, 1.54) is 4.57 Å². The fourth-order valence-electron chi connectivity index (χ4n) is 4.97. The predicted molar refractivity (Wildman–Crippen MR) is 154 cm³/mol. The molecule has 3 N–H and O–H groups in total. The first-order valence-electron chi connectivity index (χ1n) is 13.1. The van der Waals surface area contributed by atoms with Crippen LogP contribution >= 0.6 is 0 Å². The molecule has 0 radical (unpaired) electrons. The van der Waals surface area contributed by atoms with Crippen molar-refractivity contribution in [3.8, 4) is 11.3 Å². The number of hydrogen-bond acceptors (Lipinski definition) is 8. The lowest BCUT2D eigenvalue weighted by atomic mass is 9.95. The molecule has 11 heteroatoms. The summed E-state index contributed by atoms with van der Waals surface area (Å²) in [5.41, 5.74) is 5.14. The summed E-state index contributed by atoms with van der Waals surface area (Å²) in [6.45, 7) is 2.14. The van der Waals surface area contributed by atoms with E-state index in [4.69, 9.17) is 0 Å². The molecular weight excluding hydrogens is 510 g/mol. The highest BCUT2D eigenvalue weighted by Crippen LogP contribution is 2.34. The van der Waals surface area contributed by atoms with Crippen LogP contribution in [0, 0.1) is 0 Å². The summed E-state index contributed by atoms with van der Waals surface area (Å²) in [6, 6.07) is 11.3.